The highest BCUT2D eigenvalue weighted by Gasteiger charge is 2.25. The lowest BCUT2D eigenvalue weighted by molar-refractivity contribution is -0.139. The van der Waals surface area contributed by atoms with E-state index in [1.165, 1.54) is 7.11 Å². The van der Waals surface area contributed by atoms with Crippen molar-refractivity contribution in [3.8, 4) is 0 Å². The quantitative estimate of drug-likeness (QED) is 0.787. The lowest BCUT2D eigenvalue weighted by atomic mass is 9.89. The number of amides is 2. The topological polar surface area (TPSA) is 84.5 Å². The molecule has 0 saturated heterocycles. The predicted molar refractivity (Wildman–Crippen MR) is 83.5 cm³/mol. The number of benzene rings is 1. The molecule has 0 spiro atoms. The van der Waals surface area contributed by atoms with Crippen molar-refractivity contribution in [3.63, 3.8) is 0 Å². The highest BCUT2D eigenvalue weighted by atomic mass is 16.5. The molecule has 0 aliphatic rings. The molecule has 0 heterocycles. The van der Waals surface area contributed by atoms with Crippen molar-refractivity contribution < 1.29 is 19.1 Å². The molecule has 0 radical (unpaired) electrons. The van der Waals surface area contributed by atoms with Crippen LogP contribution in [-0.2, 0) is 14.3 Å². The molecule has 2 N–H and O–H groups in total. The molecule has 0 fully saturated rings. The van der Waals surface area contributed by atoms with Crippen LogP contribution in [0.25, 0.3) is 0 Å². The minimum Gasteiger partial charge on any atom is -0.468 e. The van der Waals surface area contributed by atoms with Crippen LogP contribution < -0.4 is 10.6 Å². The Labute approximate surface area is 130 Å². The summed E-state index contributed by atoms with van der Waals surface area (Å²) in [6.07, 6.45) is 0.729. The van der Waals surface area contributed by atoms with Crippen molar-refractivity contribution in [1.29, 1.82) is 0 Å². The molecule has 1 aromatic rings. The fraction of sp³-hybridized carbons (Fsp3) is 0.438. The minimum atomic E-state index is -0.515. The van der Waals surface area contributed by atoms with Crippen LogP contribution in [0.15, 0.2) is 24.3 Å². The summed E-state index contributed by atoms with van der Waals surface area (Å²) in [7, 11) is 1.25. The van der Waals surface area contributed by atoms with E-state index in [4.69, 9.17) is 0 Å². The molecule has 0 aliphatic heterocycles. The van der Waals surface area contributed by atoms with Gasteiger partial charge in [0, 0.05) is 16.7 Å². The molecule has 0 aromatic heterocycles. The van der Waals surface area contributed by atoms with Crippen LogP contribution in [-0.4, -0.2) is 31.4 Å². The summed E-state index contributed by atoms with van der Waals surface area (Å²) >= 11 is 0. The molecule has 0 atom stereocenters. The number of methoxy groups -OCH3 is 1. The maximum atomic E-state index is 12.1. The Morgan fingerprint density at radius 3 is 2.23 bits per heavy atom. The van der Waals surface area contributed by atoms with Crippen molar-refractivity contribution in [2.45, 2.75) is 27.2 Å². The first kappa shape index (κ1) is 17.7. The second kappa shape index (κ2) is 7.59. The van der Waals surface area contributed by atoms with E-state index in [0.717, 1.165) is 6.42 Å². The van der Waals surface area contributed by atoms with Crippen molar-refractivity contribution in [2.24, 2.45) is 5.41 Å². The summed E-state index contributed by atoms with van der Waals surface area (Å²) in [6, 6.07) is 6.47. The number of carbonyl (C=O) groups excluding carboxylic acids is 3. The van der Waals surface area contributed by atoms with Gasteiger partial charge in [-0.15, -0.1) is 0 Å². The van der Waals surface area contributed by atoms with Gasteiger partial charge in [0.1, 0.15) is 6.54 Å². The molecule has 1 aromatic carbocycles. The molecule has 2 amide bonds. The third-order valence-electron chi connectivity index (χ3n) is 3.52. The zero-order valence-corrected chi connectivity index (χ0v) is 13.4. The van der Waals surface area contributed by atoms with Crippen LogP contribution in [0.1, 0.15) is 37.6 Å². The number of esters is 1. The molecule has 22 heavy (non-hydrogen) atoms. The van der Waals surface area contributed by atoms with Crippen molar-refractivity contribution >= 4 is 23.5 Å². The molecular weight excluding hydrogens is 284 g/mol. The maximum Gasteiger partial charge on any atom is 0.325 e. The number of hydrogen-bond acceptors (Lipinski definition) is 4. The lowest BCUT2D eigenvalue weighted by Gasteiger charge is -2.21. The van der Waals surface area contributed by atoms with Crippen molar-refractivity contribution in [2.75, 3.05) is 19.0 Å². The van der Waals surface area contributed by atoms with Crippen molar-refractivity contribution in [1.82, 2.24) is 5.32 Å². The molecule has 0 bridgehead atoms. The molecular formula is C16H22N2O4. The highest BCUT2D eigenvalue weighted by Crippen LogP contribution is 2.22. The van der Waals surface area contributed by atoms with Crippen LogP contribution in [0.4, 0.5) is 5.69 Å². The van der Waals surface area contributed by atoms with E-state index in [1.54, 1.807) is 24.3 Å². The Morgan fingerprint density at radius 1 is 1.14 bits per heavy atom. The summed E-state index contributed by atoms with van der Waals surface area (Å²) in [5, 5.41) is 5.26. The normalized spacial score (nSPS) is 10.7. The van der Waals surface area contributed by atoms with E-state index in [2.05, 4.69) is 15.4 Å². The molecule has 1 rings (SSSR count). The SMILES string of the molecule is CCC(C)(C)C(=O)Nc1ccc(C(=O)NCC(=O)OC)cc1. The average Bonchev–Trinajstić information content (AvgIpc) is 2.52. The molecule has 6 nitrogen and oxygen atoms in total. The third kappa shape index (κ3) is 4.87. The van der Waals surface area contributed by atoms with E-state index >= 15 is 0 Å². The molecule has 6 heteroatoms. The second-order valence-corrected chi connectivity index (χ2v) is 5.53. The lowest BCUT2D eigenvalue weighted by Crippen LogP contribution is -2.30. The molecule has 0 unspecified atom stereocenters. The molecule has 120 valence electrons. The minimum absolute atomic E-state index is 0.0714. The van der Waals surface area contributed by atoms with Crippen LogP contribution >= 0.6 is 0 Å². The first-order valence-electron chi connectivity index (χ1n) is 7.06. The van der Waals surface area contributed by atoms with Gasteiger partial charge in [0.25, 0.3) is 5.91 Å². The van der Waals surface area contributed by atoms with Gasteiger partial charge in [-0.2, -0.15) is 0 Å². The standard InChI is InChI=1S/C16H22N2O4/c1-5-16(2,3)15(21)18-12-8-6-11(7-9-12)14(20)17-10-13(19)22-4/h6-9H,5,10H2,1-4H3,(H,17,20)(H,18,21). The number of carbonyl (C=O) groups is 3. The van der Waals surface area contributed by atoms with E-state index in [-0.39, 0.29) is 18.4 Å². The largest absolute Gasteiger partial charge is 0.468 e. The number of ether oxygens (including phenoxy) is 1. The van der Waals surface area contributed by atoms with Gasteiger partial charge < -0.3 is 15.4 Å². The summed E-state index contributed by atoms with van der Waals surface area (Å²) in [6.45, 7) is 5.51. The summed E-state index contributed by atoms with van der Waals surface area (Å²) in [5.74, 6) is -0.964. The van der Waals surface area contributed by atoms with E-state index in [1.807, 2.05) is 20.8 Å². The smallest absolute Gasteiger partial charge is 0.325 e. The number of rotatable bonds is 6. The zero-order chi connectivity index (χ0) is 16.8. The van der Waals surface area contributed by atoms with Gasteiger partial charge in [-0.3, -0.25) is 14.4 Å². The van der Waals surface area contributed by atoms with Crippen LogP contribution in [0.3, 0.4) is 0 Å². The Kier molecular flexibility index (Phi) is 6.10. The maximum absolute atomic E-state index is 12.1. The van der Waals surface area contributed by atoms with Gasteiger partial charge in [-0.1, -0.05) is 20.8 Å². The summed E-state index contributed by atoms with van der Waals surface area (Å²) in [5.41, 5.74) is 0.573. The highest BCUT2D eigenvalue weighted by molar-refractivity contribution is 5.98. The van der Waals surface area contributed by atoms with Gasteiger partial charge in [0.2, 0.25) is 5.91 Å². The molecule has 0 aliphatic carbocycles. The van der Waals surface area contributed by atoms with Crippen LogP contribution in [0.5, 0.6) is 0 Å². The summed E-state index contributed by atoms with van der Waals surface area (Å²) in [4.78, 5) is 34.8. The van der Waals surface area contributed by atoms with Gasteiger partial charge >= 0.3 is 5.97 Å². The number of hydrogen-bond donors (Lipinski definition) is 2. The summed E-state index contributed by atoms with van der Waals surface area (Å²) < 4.78 is 4.44. The van der Waals surface area contributed by atoms with Crippen LogP contribution in [0.2, 0.25) is 0 Å². The van der Waals surface area contributed by atoms with Gasteiger partial charge in [0.05, 0.1) is 7.11 Å². The fourth-order valence-corrected chi connectivity index (χ4v) is 1.49. The zero-order valence-electron chi connectivity index (χ0n) is 13.4. The Balaban J connectivity index is 2.65. The van der Waals surface area contributed by atoms with Crippen LogP contribution in [0, 0.1) is 5.41 Å². The average molecular weight is 306 g/mol. The predicted octanol–water partition coefficient (Wildman–Crippen LogP) is 1.96. The Bertz CT molecular complexity index is 550. The number of anilines is 1. The first-order valence-corrected chi connectivity index (χ1v) is 7.06. The van der Waals surface area contributed by atoms with Gasteiger partial charge in [0.15, 0.2) is 0 Å². The first-order chi connectivity index (χ1) is 10.3. The Hall–Kier alpha value is -2.37. The monoisotopic (exact) mass is 306 g/mol. The second-order valence-electron chi connectivity index (χ2n) is 5.53. The van der Waals surface area contributed by atoms with E-state index in [9.17, 15) is 14.4 Å². The van der Waals surface area contributed by atoms with E-state index < -0.39 is 11.4 Å². The molecule has 0 saturated carbocycles. The third-order valence-corrected chi connectivity index (χ3v) is 3.52. The number of nitrogens with one attached hydrogen (secondary N) is 2. The van der Waals surface area contributed by atoms with Gasteiger partial charge in [-0.05, 0) is 30.7 Å². The fourth-order valence-electron chi connectivity index (χ4n) is 1.49. The van der Waals surface area contributed by atoms with Gasteiger partial charge in [-0.25, -0.2) is 0 Å². The van der Waals surface area contributed by atoms with Crippen molar-refractivity contribution in [3.05, 3.63) is 29.8 Å². The van der Waals surface area contributed by atoms with E-state index in [0.29, 0.717) is 11.3 Å². The Morgan fingerprint density at radius 2 is 1.73 bits per heavy atom.